The molecule has 3 atom stereocenters. The zero-order valence-corrected chi connectivity index (χ0v) is 17.2. The van der Waals surface area contributed by atoms with E-state index in [2.05, 4.69) is 43.0 Å². The molecule has 0 saturated carbocycles. The molecule has 24 heavy (non-hydrogen) atoms. The third-order valence-electron chi connectivity index (χ3n) is 3.85. The van der Waals surface area contributed by atoms with E-state index >= 15 is 0 Å². The molecule has 0 aliphatic carbocycles. The summed E-state index contributed by atoms with van der Waals surface area (Å²) in [5.41, 5.74) is 1.13. The van der Waals surface area contributed by atoms with Crippen molar-refractivity contribution in [2.24, 2.45) is 11.8 Å². The Hall–Kier alpha value is -0.630. The first-order chi connectivity index (χ1) is 11.5. The molecule has 0 aromatic heterocycles. The monoisotopic (exact) mass is 448 g/mol. The van der Waals surface area contributed by atoms with Crippen molar-refractivity contribution in [3.8, 4) is 5.75 Å². The minimum Gasteiger partial charge on any atom is -0.497 e. The summed E-state index contributed by atoms with van der Waals surface area (Å²) in [4.78, 5) is 0. The Bertz CT molecular complexity index is 475. The minimum atomic E-state index is 0.0762. The normalized spacial score (nSPS) is 14.9. The lowest BCUT2D eigenvalue weighted by molar-refractivity contribution is -0.118. The number of benzene rings is 1. The second-order valence-corrected chi connectivity index (χ2v) is 7.60. The fraction of sp³-hybridized carbons (Fsp3) is 0.579. The van der Waals surface area contributed by atoms with E-state index in [1.807, 2.05) is 24.3 Å². The fourth-order valence-corrected chi connectivity index (χ4v) is 3.38. The molecule has 136 valence electrons. The Morgan fingerprint density at radius 1 is 1.12 bits per heavy atom. The summed E-state index contributed by atoms with van der Waals surface area (Å²) in [7, 11) is 3.31. The van der Waals surface area contributed by atoms with Gasteiger partial charge in [-0.2, -0.15) is 0 Å². The maximum absolute atomic E-state index is 5.89. The van der Waals surface area contributed by atoms with Crippen LogP contribution in [0.15, 0.2) is 34.4 Å². The molecule has 1 aromatic rings. The smallest absolute Gasteiger partial charge is 0.146 e. The molecule has 1 rings (SSSR count). The maximum Gasteiger partial charge on any atom is 0.146 e. The molecule has 0 spiro atoms. The molecule has 0 aliphatic heterocycles. The highest BCUT2D eigenvalue weighted by atomic mass is 127. The lowest BCUT2D eigenvalue weighted by Crippen LogP contribution is -2.32. The zero-order chi connectivity index (χ0) is 17.9. The molecule has 0 radical (unpaired) electrons. The molecule has 0 fully saturated rings. The summed E-state index contributed by atoms with van der Waals surface area (Å²) in [6.45, 7) is 9.85. The summed E-state index contributed by atoms with van der Waals surface area (Å²) in [5.74, 6) is 1.49. The minimum absolute atomic E-state index is 0.0762. The van der Waals surface area contributed by atoms with Crippen molar-refractivity contribution in [3.05, 3.63) is 40.0 Å². The first-order valence-corrected chi connectivity index (χ1v) is 9.20. The van der Waals surface area contributed by atoms with Gasteiger partial charge in [0.2, 0.25) is 0 Å². The van der Waals surface area contributed by atoms with Gasteiger partial charge in [0, 0.05) is 13.0 Å². The Morgan fingerprint density at radius 2 is 1.79 bits per heavy atom. The van der Waals surface area contributed by atoms with Gasteiger partial charge in [-0.25, -0.2) is 0 Å². The number of rotatable bonds is 12. The fourth-order valence-electron chi connectivity index (χ4n) is 2.68. The van der Waals surface area contributed by atoms with Gasteiger partial charge in [-0.3, -0.25) is 0 Å². The molecular weight excluding hydrogens is 419 g/mol. The number of methoxy groups -OCH3 is 2. The van der Waals surface area contributed by atoms with E-state index in [0.717, 1.165) is 21.3 Å². The molecule has 0 aliphatic rings. The van der Waals surface area contributed by atoms with Crippen LogP contribution in [0.25, 0.3) is 0 Å². The second-order valence-electron chi connectivity index (χ2n) is 6.08. The van der Waals surface area contributed by atoms with E-state index in [4.69, 9.17) is 18.9 Å². The Morgan fingerprint density at radius 3 is 2.33 bits per heavy atom. The molecular formula is C19H29IO4. The average molecular weight is 448 g/mol. The number of hydrogen-bond donors (Lipinski definition) is 0. The number of allylic oxidation sites excluding steroid dienone is 1. The van der Waals surface area contributed by atoms with Gasteiger partial charge < -0.3 is 18.9 Å². The van der Waals surface area contributed by atoms with Gasteiger partial charge in [0.1, 0.15) is 12.5 Å². The van der Waals surface area contributed by atoms with E-state index in [9.17, 15) is 0 Å². The molecule has 0 amide bonds. The third-order valence-corrected chi connectivity index (χ3v) is 4.29. The predicted octanol–water partition coefficient (Wildman–Crippen LogP) is 4.81. The van der Waals surface area contributed by atoms with Gasteiger partial charge in [0.25, 0.3) is 0 Å². The van der Waals surface area contributed by atoms with Gasteiger partial charge in [-0.1, -0.05) is 32.6 Å². The van der Waals surface area contributed by atoms with Crippen LogP contribution in [0.4, 0.5) is 0 Å². The van der Waals surface area contributed by atoms with Crippen LogP contribution in [0.3, 0.4) is 0 Å². The van der Waals surface area contributed by atoms with Crippen molar-refractivity contribution in [2.75, 3.05) is 27.6 Å². The van der Waals surface area contributed by atoms with E-state index in [1.54, 1.807) is 14.2 Å². The first kappa shape index (κ1) is 21.4. The summed E-state index contributed by atoms with van der Waals surface area (Å²) in [5, 5.41) is 0. The molecule has 4 nitrogen and oxygen atoms in total. The highest BCUT2D eigenvalue weighted by Gasteiger charge is 2.25. The van der Waals surface area contributed by atoms with Crippen molar-refractivity contribution in [1.29, 1.82) is 0 Å². The maximum atomic E-state index is 5.89. The average Bonchev–Trinajstić information content (AvgIpc) is 2.55. The molecule has 0 heterocycles. The predicted molar refractivity (Wildman–Crippen MR) is 106 cm³/mol. The Kier molecular flexibility index (Phi) is 10.6. The second kappa shape index (κ2) is 11.8. The third kappa shape index (κ3) is 7.96. The highest BCUT2D eigenvalue weighted by molar-refractivity contribution is 14.1. The summed E-state index contributed by atoms with van der Waals surface area (Å²) < 4.78 is 23.1. The van der Waals surface area contributed by atoms with Crippen LogP contribution in [0.5, 0.6) is 5.75 Å². The molecule has 0 N–H and O–H groups in total. The lowest BCUT2D eigenvalue weighted by Gasteiger charge is -2.29. The number of ether oxygens (including phenoxy) is 4. The largest absolute Gasteiger partial charge is 0.497 e. The molecule has 5 heteroatoms. The van der Waals surface area contributed by atoms with E-state index in [0.29, 0.717) is 25.9 Å². The van der Waals surface area contributed by atoms with Crippen molar-refractivity contribution >= 4 is 22.6 Å². The quantitative estimate of drug-likeness (QED) is 0.340. The standard InChI is InChI=1S/C19H29IO4/c1-14(10-16(3)20)19(24-13-21-4)15(2)11-23-12-17-6-8-18(22-5)9-7-17/h6-9,14-15,19H,3,10-13H2,1-2,4-5H3/t14-,15-,19-/m0/s1. The van der Waals surface area contributed by atoms with Crippen LogP contribution < -0.4 is 4.74 Å². The van der Waals surface area contributed by atoms with Crippen molar-refractivity contribution in [3.63, 3.8) is 0 Å². The van der Waals surface area contributed by atoms with Crippen molar-refractivity contribution in [2.45, 2.75) is 33.0 Å². The summed E-state index contributed by atoms with van der Waals surface area (Å²) in [6, 6.07) is 7.93. The van der Waals surface area contributed by atoms with Gasteiger partial charge in [-0.05, 0) is 56.2 Å². The number of hydrogen-bond acceptors (Lipinski definition) is 4. The van der Waals surface area contributed by atoms with Gasteiger partial charge in [0.15, 0.2) is 0 Å². The van der Waals surface area contributed by atoms with Gasteiger partial charge in [0.05, 0.1) is 26.4 Å². The van der Waals surface area contributed by atoms with Crippen LogP contribution in [0, 0.1) is 11.8 Å². The summed E-state index contributed by atoms with van der Waals surface area (Å²) >= 11 is 2.27. The van der Waals surface area contributed by atoms with Crippen LogP contribution in [0.1, 0.15) is 25.8 Å². The Balaban J connectivity index is 2.50. The summed E-state index contributed by atoms with van der Waals surface area (Å²) in [6.07, 6.45) is 1.00. The molecule has 0 bridgehead atoms. The van der Waals surface area contributed by atoms with Crippen LogP contribution in [0.2, 0.25) is 0 Å². The van der Waals surface area contributed by atoms with E-state index in [-0.39, 0.29) is 12.0 Å². The van der Waals surface area contributed by atoms with Gasteiger partial charge in [-0.15, -0.1) is 0 Å². The molecule has 0 unspecified atom stereocenters. The van der Waals surface area contributed by atoms with E-state index < -0.39 is 0 Å². The topological polar surface area (TPSA) is 36.9 Å². The number of halogens is 1. The van der Waals surface area contributed by atoms with E-state index in [1.165, 1.54) is 0 Å². The van der Waals surface area contributed by atoms with Crippen LogP contribution >= 0.6 is 22.6 Å². The van der Waals surface area contributed by atoms with Crippen LogP contribution in [-0.4, -0.2) is 33.7 Å². The van der Waals surface area contributed by atoms with Crippen molar-refractivity contribution < 1.29 is 18.9 Å². The molecule has 1 aromatic carbocycles. The molecule has 0 saturated heterocycles. The highest BCUT2D eigenvalue weighted by Crippen LogP contribution is 2.25. The zero-order valence-electron chi connectivity index (χ0n) is 15.1. The van der Waals surface area contributed by atoms with Crippen molar-refractivity contribution in [1.82, 2.24) is 0 Å². The first-order valence-electron chi connectivity index (χ1n) is 8.12. The lowest BCUT2D eigenvalue weighted by atomic mass is 9.91. The Labute approximate surface area is 159 Å². The van der Waals surface area contributed by atoms with Crippen LogP contribution in [-0.2, 0) is 20.8 Å². The SMILES string of the molecule is C=C(I)C[C@H](C)[C@H](OCOC)[C@@H](C)COCc1ccc(OC)cc1. The van der Waals surface area contributed by atoms with Gasteiger partial charge >= 0.3 is 0 Å².